The van der Waals surface area contributed by atoms with Gasteiger partial charge in [-0.2, -0.15) is 0 Å². The molecule has 0 aromatic heterocycles. The average Bonchev–Trinajstić information content (AvgIpc) is 1.99. The molecule has 1 atom stereocenters. The molecule has 0 fully saturated rings. The second-order valence-corrected chi connectivity index (χ2v) is 2.10. The number of quaternary nitrogens is 1. The molecule has 0 spiro atoms. The molecule has 0 aromatic carbocycles. The van der Waals surface area contributed by atoms with Gasteiger partial charge in [-0.25, -0.2) is 0 Å². The molecule has 0 aliphatic carbocycles. The topological polar surface area (TPSA) is 96.9 Å². The lowest BCUT2D eigenvalue weighted by atomic mass is 10.2. The first-order valence-corrected chi connectivity index (χ1v) is 3.41. The zero-order valence-corrected chi connectivity index (χ0v) is 6.42. The summed E-state index contributed by atoms with van der Waals surface area (Å²) < 4.78 is 0. The third-order valence-electron chi connectivity index (χ3n) is 1.26. The molecule has 0 saturated carbocycles. The summed E-state index contributed by atoms with van der Waals surface area (Å²) in [5.41, 5.74) is 3.31. The van der Waals surface area contributed by atoms with Crippen LogP contribution in [0.2, 0.25) is 0 Å². The number of carbonyl (C=O) groups excluding carboxylic acids is 2. The fraction of sp³-hybridized carbons (Fsp3) is 0.667. The molecule has 0 saturated heterocycles. The second kappa shape index (κ2) is 4.68. The van der Waals surface area contributed by atoms with Crippen molar-refractivity contribution in [3.8, 4) is 0 Å². The van der Waals surface area contributed by atoms with Crippen molar-refractivity contribution in [3.63, 3.8) is 0 Å². The minimum absolute atomic E-state index is 0.0454. The third-order valence-corrected chi connectivity index (χ3v) is 1.26. The first-order chi connectivity index (χ1) is 5.11. The first-order valence-electron chi connectivity index (χ1n) is 3.41. The van der Waals surface area contributed by atoms with E-state index >= 15 is 0 Å². The minimum Gasteiger partial charge on any atom is -0.548 e. The van der Waals surface area contributed by atoms with Crippen molar-refractivity contribution in [1.29, 1.82) is 0 Å². The normalized spacial score (nSPS) is 12.2. The van der Waals surface area contributed by atoms with Crippen LogP contribution < -0.4 is 16.2 Å². The number of hydrogen-bond acceptors (Lipinski definition) is 3. The van der Waals surface area contributed by atoms with E-state index in [1.807, 2.05) is 0 Å². The van der Waals surface area contributed by atoms with Gasteiger partial charge in [0.05, 0.1) is 12.0 Å². The zero-order chi connectivity index (χ0) is 8.85. The van der Waals surface area contributed by atoms with E-state index < -0.39 is 12.0 Å². The molecule has 1 amide bonds. The molecule has 0 bridgehead atoms. The molecule has 0 unspecified atom stereocenters. The molecule has 0 aliphatic heterocycles. The molecular formula is C6H12N2O3. The van der Waals surface area contributed by atoms with Crippen molar-refractivity contribution in [2.24, 2.45) is 0 Å². The van der Waals surface area contributed by atoms with E-state index in [2.05, 4.69) is 11.1 Å². The molecule has 0 heterocycles. The fourth-order valence-electron chi connectivity index (χ4n) is 0.594. The van der Waals surface area contributed by atoms with Gasteiger partial charge in [0.1, 0.15) is 0 Å². The summed E-state index contributed by atoms with van der Waals surface area (Å²) in [6.45, 7) is 1.70. The smallest absolute Gasteiger partial charge is 0.275 e. The van der Waals surface area contributed by atoms with E-state index in [0.29, 0.717) is 6.42 Å². The van der Waals surface area contributed by atoms with Gasteiger partial charge in [-0.1, -0.05) is 6.92 Å². The van der Waals surface area contributed by atoms with Crippen LogP contribution in [0.4, 0.5) is 0 Å². The second-order valence-electron chi connectivity index (χ2n) is 2.10. The number of carbonyl (C=O) groups is 2. The predicted octanol–water partition coefficient (Wildman–Crippen LogP) is -3.13. The van der Waals surface area contributed by atoms with Gasteiger partial charge in [-0.05, 0) is 6.42 Å². The maximum absolute atomic E-state index is 10.6. The Bertz CT molecular complexity index is 158. The Morgan fingerprint density at radius 1 is 1.64 bits per heavy atom. The average molecular weight is 160 g/mol. The summed E-state index contributed by atoms with van der Waals surface area (Å²) in [7, 11) is 0. The highest BCUT2D eigenvalue weighted by Crippen LogP contribution is 1.86. The molecule has 0 aromatic rings. The van der Waals surface area contributed by atoms with E-state index in [1.165, 1.54) is 0 Å². The third kappa shape index (κ3) is 3.57. The molecule has 64 valence electrons. The quantitative estimate of drug-likeness (QED) is 0.455. The van der Waals surface area contributed by atoms with Crippen molar-refractivity contribution in [2.75, 3.05) is 6.54 Å². The molecule has 11 heavy (non-hydrogen) atoms. The molecule has 4 N–H and O–H groups in total. The van der Waals surface area contributed by atoms with Gasteiger partial charge in [0, 0.05) is 0 Å². The van der Waals surface area contributed by atoms with Gasteiger partial charge in [0.2, 0.25) is 0 Å². The van der Waals surface area contributed by atoms with Gasteiger partial charge in [-0.3, -0.25) is 4.79 Å². The monoisotopic (exact) mass is 160 g/mol. The lowest BCUT2D eigenvalue weighted by Gasteiger charge is -2.16. The number of amides is 1. The van der Waals surface area contributed by atoms with Crippen LogP contribution in [0.25, 0.3) is 0 Å². The molecule has 0 aliphatic rings. The van der Waals surface area contributed by atoms with Crippen LogP contribution in [0.5, 0.6) is 0 Å². The zero-order valence-electron chi connectivity index (χ0n) is 6.42. The standard InChI is InChI=1S/C6H12N2O3/c1-2-4(6(10)11)8-5(9)3-7/h4H,2-3,7H2,1H3,(H,8,9)(H,10,11)/t4-/m1/s1. The van der Waals surface area contributed by atoms with E-state index in [1.54, 1.807) is 6.92 Å². The largest absolute Gasteiger partial charge is 0.548 e. The lowest BCUT2D eigenvalue weighted by molar-refractivity contribution is -0.355. The summed E-state index contributed by atoms with van der Waals surface area (Å²) in [5, 5.41) is 12.5. The van der Waals surface area contributed by atoms with Crippen LogP contribution in [0.1, 0.15) is 13.3 Å². The van der Waals surface area contributed by atoms with Crippen LogP contribution >= 0.6 is 0 Å². The fourth-order valence-corrected chi connectivity index (χ4v) is 0.594. The molecule has 5 nitrogen and oxygen atoms in total. The van der Waals surface area contributed by atoms with Crippen LogP contribution in [0.15, 0.2) is 0 Å². The van der Waals surface area contributed by atoms with E-state index in [0.717, 1.165) is 0 Å². The van der Waals surface area contributed by atoms with Crippen LogP contribution in [0.3, 0.4) is 0 Å². The number of hydrogen-bond donors (Lipinski definition) is 2. The summed E-state index contributed by atoms with van der Waals surface area (Å²) in [5.74, 6) is -1.63. The summed E-state index contributed by atoms with van der Waals surface area (Å²) in [6, 6.07) is -0.885. The van der Waals surface area contributed by atoms with Gasteiger partial charge < -0.3 is 21.0 Å². The summed E-state index contributed by atoms with van der Waals surface area (Å²) >= 11 is 0. The Morgan fingerprint density at radius 3 is 2.45 bits per heavy atom. The Balaban J connectivity index is 3.88. The highest BCUT2D eigenvalue weighted by atomic mass is 16.4. The van der Waals surface area contributed by atoms with Crippen LogP contribution in [-0.2, 0) is 9.59 Å². The van der Waals surface area contributed by atoms with Gasteiger partial charge in [0.15, 0.2) is 6.54 Å². The Morgan fingerprint density at radius 2 is 2.18 bits per heavy atom. The molecular weight excluding hydrogens is 148 g/mol. The first kappa shape index (κ1) is 9.90. The summed E-state index contributed by atoms with van der Waals surface area (Å²) in [4.78, 5) is 20.9. The van der Waals surface area contributed by atoms with Crippen molar-refractivity contribution in [2.45, 2.75) is 19.4 Å². The Kier molecular flexibility index (Phi) is 4.21. The Labute approximate surface area is 64.6 Å². The van der Waals surface area contributed by atoms with Gasteiger partial charge >= 0.3 is 0 Å². The number of nitrogens with one attached hydrogen (secondary N) is 1. The lowest BCUT2D eigenvalue weighted by Crippen LogP contribution is -2.60. The van der Waals surface area contributed by atoms with E-state index in [-0.39, 0.29) is 12.5 Å². The van der Waals surface area contributed by atoms with Crippen molar-refractivity contribution in [1.82, 2.24) is 5.32 Å². The number of carboxylic acids is 1. The molecule has 5 heteroatoms. The SMILES string of the molecule is CC[C@@H](NC(=O)C[NH3+])C(=O)[O-]. The van der Waals surface area contributed by atoms with Crippen molar-refractivity contribution >= 4 is 11.9 Å². The minimum atomic E-state index is -1.26. The van der Waals surface area contributed by atoms with Gasteiger partial charge in [0.25, 0.3) is 5.91 Å². The van der Waals surface area contributed by atoms with Crippen LogP contribution in [0, 0.1) is 0 Å². The molecule has 0 rings (SSSR count). The van der Waals surface area contributed by atoms with E-state index in [9.17, 15) is 14.7 Å². The number of rotatable bonds is 4. The van der Waals surface area contributed by atoms with E-state index in [4.69, 9.17) is 0 Å². The van der Waals surface area contributed by atoms with Gasteiger partial charge in [-0.15, -0.1) is 0 Å². The maximum Gasteiger partial charge on any atom is 0.275 e. The number of aliphatic carboxylic acids is 1. The van der Waals surface area contributed by atoms with Crippen molar-refractivity contribution in [3.05, 3.63) is 0 Å². The highest BCUT2D eigenvalue weighted by Gasteiger charge is 2.09. The molecule has 0 radical (unpaired) electrons. The number of carboxylic acid groups (broad SMARTS) is 1. The van der Waals surface area contributed by atoms with Crippen LogP contribution in [-0.4, -0.2) is 24.5 Å². The Hall–Kier alpha value is -1.10. The highest BCUT2D eigenvalue weighted by molar-refractivity contribution is 5.82. The van der Waals surface area contributed by atoms with Crippen molar-refractivity contribution < 1.29 is 20.4 Å². The maximum atomic E-state index is 10.6. The predicted molar refractivity (Wildman–Crippen MR) is 35.0 cm³/mol. The summed E-state index contributed by atoms with van der Waals surface area (Å²) in [6.07, 6.45) is 0.327.